The van der Waals surface area contributed by atoms with Crippen molar-refractivity contribution in [2.75, 3.05) is 7.05 Å². The van der Waals surface area contributed by atoms with Crippen LogP contribution >= 0.6 is 0 Å². The van der Waals surface area contributed by atoms with E-state index in [4.69, 9.17) is 5.26 Å². The molecule has 2 amide bonds. The van der Waals surface area contributed by atoms with E-state index in [0.29, 0.717) is 11.1 Å². The molecule has 0 radical (unpaired) electrons. The minimum atomic E-state index is -3.93. The molecule has 1 heterocycles. The topological polar surface area (TPSA) is 107 Å². The van der Waals surface area contributed by atoms with Gasteiger partial charge in [-0.25, -0.2) is 8.42 Å². The molecule has 7 nitrogen and oxygen atoms in total. The number of hydrogen-bond acceptors (Lipinski definition) is 5. The third kappa shape index (κ3) is 2.79. The fourth-order valence-corrected chi connectivity index (χ4v) is 3.31. The monoisotopic (exact) mass is 307 g/mol. The van der Waals surface area contributed by atoms with E-state index >= 15 is 0 Å². The molecule has 1 atom stereocenters. The molecular formula is C13H13N3O4S. The molecular weight excluding hydrogens is 294 g/mol. The third-order valence-corrected chi connectivity index (χ3v) is 4.78. The first-order valence-corrected chi connectivity index (χ1v) is 7.58. The first-order chi connectivity index (χ1) is 9.76. The summed E-state index contributed by atoms with van der Waals surface area (Å²) >= 11 is 0. The fourth-order valence-electron chi connectivity index (χ4n) is 2.03. The summed E-state index contributed by atoms with van der Waals surface area (Å²) in [7, 11) is -2.62. The number of benzene rings is 1. The van der Waals surface area contributed by atoms with Crippen molar-refractivity contribution in [3.05, 3.63) is 29.3 Å². The first-order valence-electron chi connectivity index (χ1n) is 6.10. The Morgan fingerprint density at radius 2 is 2.05 bits per heavy atom. The summed E-state index contributed by atoms with van der Waals surface area (Å²) in [5.74, 6) is -1.00. The van der Waals surface area contributed by atoms with E-state index in [1.807, 2.05) is 6.07 Å². The highest BCUT2D eigenvalue weighted by Crippen LogP contribution is 2.18. The summed E-state index contributed by atoms with van der Waals surface area (Å²) in [6, 6.07) is 4.91. The van der Waals surface area contributed by atoms with Gasteiger partial charge >= 0.3 is 0 Å². The first kappa shape index (κ1) is 15.2. The van der Waals surface area contributed by atoms with Gasteiger partial charge in [-0.1, -0.05) is 0 Å². The Morgan fingerprint density at radius 1 is 1.38 bits per heavy atom. The van der Waals surface area contributed by atoms with Crippen LogP contribution in [-0.4, -0.2) is 38.2 Å². The van der Waals surface area contributed by atoms with Crippen LogP contribution in [0.25, 0.3) is 0 Å². The zero-order chi connectivity index (χ0) is 15.8. The summed E-state index contributed by atoms with van der Waals surface area (Å²) in [6.07, 6.45) is -0.191. The highest BCUT2D eigenvalue weighted by Gasteiger charge is 2.38. The van der Waals surface area contributed by atoms with Crippen LogP contribution in [-0.2, 0) is 19.6 Å². The van der Waals surface area contributed by atoms with Crippen molar-refractivity contribution in [3.63, 3.8) is 0 Å². The minimum Gasteiger partial charge on any atom is -0.284 e. The van der Waals surface area contributed by atoms with Crippen LogP contribution < -0.4 is 4.72 Å². The van der Waals surface area contributed by atoms with E-state index in [0.717, 1.165) is 4.90 Å². The van der Waals surface area contributed by atoms with Crippen LogP contribution in [0.4, 0.5) is 0 Å². The van der Waals surface area contributed by atoms with Gasteiger partial charge in [0, 0.05) is 7.05 Å². The smallest absolute Gasteiger partial charge is 0.247 e. The Balaban J connectivity index is 2.28. The summed E-state index contributed by atoms with van der Waals surface area (Å²) in [5.41, 5.74) is 0.895. The number of likely N-dealkylation sites (tertiary alicyclic amines) is 1. The molecule has 1 aromatic carbocycles. The molecule has 0 bridgehead atoms. The number of nitrogens with one attached hydrogen (secondary N) is 1. The van der Waals surface area contributed by atoms with Crippen molar-refractivity contribution >= 4 is 21.8 Å². The molecule has 21 heavy (non-hydrogen) atoms. The minimum absolute atomic E-state index is 0.0474. The zero-order valence-corrected chi connectivity index (χ0v) is 12.3. The second-order valence-corrected chi connectivity index (χ2v) is 6.47. The molecule has 1 aromatic rings. The predicted molar refractivity (Wildman–Crippen MR) is 72.4 cm³/mol. The molecule has 1 saturated heterocycles. The fraction of sp³-hybridized carbons (Fsp3) is 0.308. The van der Waals surface area contributed by atoms with Gasteiger partial charge in [-0.2, -0.15) is 9.98 Å². The normalized spacial score (nSPS) is 18.9. The SMILES string of the molecule is Cc1cc(S(=O)(=O)NC2CC(=O)N(C)C2=O)ccc1C#N. The van der Waals surface area contributed by atoms with Gasteiger partial charge in [-0.05, 0) is 30.7 Å². The molecule has 0 aromatic heterocycles. The lowest BCUT2D eigenvalue weighted by Gasteiger charge is -2.12. The number of aryl methyl sites for hydroxylation is 1. The average Bonchev–Trinajstić information content (AvgIpc) is 2.65. The Kier molecular flexibility index (Phi) is 3.80. The van der Waals surface area contributed by atoms with Gasteiger partial charge in [0.2, 0.25) is 21.8 Å². The zero-order valence-electron chi connectivity index (χ0n) is 11.5. The summed E-state index contributed by atoms with van der Waals surface area (Å²) in [6.45, 7) is 1.62. The van der Waals surface area contributed by atoms with Crippen LogP contribution in [0.15, 0.2) is 23.1 Å². The van der Waals surface area contributed by atoms with Gasteiger partial charge in [0.1, 0.15) is 6.04 Å². The number of nitriles is 1. The molecule has 1 aliphatic heterocycles. The maximum absolute atomic E-state index is 12.2. The number of imide groups is 1. The van der Waals surface area contributed by atoms with Crippen molar-refractivity contribution in [1.82, 2.24) is 9.62 Å². The van der Waals surface area contributed by atoms with Crippen LogP contribution in [0, 0.1) is 18.3 Å². The lowest BCUT2D eigenvalue weighted by atomic mass is 10.1. The van der Waals surface area contributed by atoms with Crippen molar-refractivity contribution in [1.29, 1.82) is 5.26 Å². The maximum atomic E-state index is 12.2. The summed E-state index contributed by atoms with van der Waals surface area (Å²) in [5, 5.41) is 8.83. The molecule has 2 rings (SSSR count). The van der Waals surface area contributed by atoms with Crippen LogP contribution in [0.2, 0.25) is 0 Å². The Morgan fingerprint density at radius 3 is 2.52 bits per heavy atom. The molecule has 8 heteroatoms. The molecule has 1 aliphatic rings. The largest absolute Gasteiger partial charge is 0.284 e. The van der Waals surface area contributed by atoms with Crippen molar-refractivity contribution < 1.29 is 18.0 Å². The highest BCUT2D eigenvalue weighted by atomic mass is 32.2. The average molecular weight is 307 g/mol. The van der Waals surface area contributed by atoms with Crippen LogP contribution in [0.3, 0.4) is 0 Å². The summed E-state index contributed by atoms with van der Waals surface area (Å²) in [4.78, 5) is 24.0. The third-order valence-electron chi connectivity index (χ3n) is 3.31. The van der Waals surface area contributed by atoms with Gasteiger partial charge in [-0.3, -0.25) is 14.5 Å². The van der Waals surface area contributed by atoms with E-state index in [1.54, 1.807) is 6.92 Å². The molecule has 1 N–H and O–H groups in total. The van der Waals surface area contributed by atoms with E-state index in [1.165, 1.54) is 25.2 Å². The molecule has 0 spiro atoms. The predicted octanol–water partition coefficient (Wildman–Crippen LogP) is -0.0977. The standard InChI is InChI=1S/C13H13N3O4S/c1-8-5-10(4-3-9(8)7-14)21(19,20)15-11-6-12(17)16(2)13(11)18/h3-5,11,15H,6H2,1-2H3. The molecule has 1 fully saturated rings. The van der Waals surface area contributed by atoms with Crippen LogP contribution in [0.5, 0.6) is 0 Å². The number of hydrogen-bond donors (Lipinski definition) is 1. The molecule has 110 valence electrons. The number of rotatable bonds is 3. The van der Waals surface area contributed by atoms with Crippen LogP contribution in [0.1, 0.15) is 17.5 Å². The van der Waals surface area contributed by atoms with E-state index in [-0.39, 0.29) is 11.3 Å². The quantitative estimate of drug-likeness (QED) is 0.785. The number of amides is 2. The lowest BCUT2D eigenvalue weighted by molar-refractivity contribution is -0.137. The Labute approximate surface area is 122 Å². The number of likely N-dealkylation sites (N-methyl/N-ethyl adjacent to an activating group) is 1. The number of carbonyl (C=O) groups is 2. The van der Waals surface area contributed by atoms with Gasteiger partial charge in [0.25, 0.3) is 0 Å². The van der Waals surface area contributed by atoms with E-state index < -0.39 is 27.9 Å². The van der Waals surface area contributed by atoms with Crippen molar-refractivity contribution in [3.8, 4) is 6.07 Å². The Hall–Kier alpha value is -2.24. The number of carbonyl (C=O) groups excluding carboxylic acids is 2. The van der Waals surface area contributed by atoms with Gasteiger partial charge < -0.3 is 0 Å². The highest BCUT2D eigenvalue weighted by molar-refractivity contribution is 7.89. The van der Waals surface area contributed by atoms with Gasteiger partial charge in [-0.15, -0.1) is 0 Å². The number of sulfonamides is 1. The molecule has 1 unspecified atom stereocenters. The van der Waals surface area contributed by atoms with E-state index in [9.17, 15) is 18.0 Å². The maximum Gasteiger partial charge on any atom is 0.247 e. The van der Waals surface area contributed by atoms with Gasteiger partial charge in [0.05, 0.1) is 22.9 Å². The lowest BCUT2D eigenvalue weighted by Crippen LogP contribution is -2.40. The van der Waals surface area contributed by atoms with Gasteiger partial charge in [0.15, 0.2) is 0 Å². The van der Waals surface area contributed by atoms with Crippen molar-refractivity contribution in [2.24, 2.45) is 0 Å². The second-order valence-electron chi connectivity index (χ2n) is 4.76. The van der Waals surface area contributed by atoms with E-state index in [2.05, 4.69) is 4.72 Å². The molecule has 0 saturated carbocycles. The Bertz CT molecular complexity index is 764. The molecule has 0 aliphatic carbocycles. The summed E-state index contributed by atoms with van der Waals surface area (Å²) < 4.78 is 26.7. The van der Waals surface area contributed by atoms with Crippen molar-refractivity contribution in [2.45, 2.75) is 24.3 Å². The number of nitrogens with zero attached hydrogens (tertiary/aromatic N) is 2. The second kappa shape index (κ2) is 5.27.